The molecule has 0 saturated heterocycles. The molecule has 0 spiro atoms. The Morgan fingerprint density at radius 1 is 1.11 bits per heavy atom. The number of nitrogens with zero attached hydrogens (tertiary/aromatic N) is 1. The van der Waals surface area contributed by atoms with Crippen molar-refractivity contribution in [1.29, 1.82) is 0 Å². The highest BCUT2D eigenvalue weighted by Crippen LogP contribution is 2.26. The first-order valence-corrected chi connectivity index (χ1v) is 8.34. The maximum atomic E-state index is 13.6. The summed E-state index contributed by atoms with van der Waals surface area (Å²) in [5.41, 5.74) is 0.389. The van der Waals surface area contributed by atoms with Crippen LogP contribution in [0.2, 0.25) is 0 Å². The predicted octanol–water partition coefficient (Wildman–Crippen LogP) is 3.43. The molecule has 2 aromatic carbocycles. The van der Waals surface area contributed by atoms with Gasteiger partial charge in [0.2, 0.25) is 5.43 Å². The number of benzene rings is 2. The average molecular weight is 370 g/mol. The number of hydrogen-bond donors (Lipinski definition) is 1. The van der Waals surface area contributed by atoms with Crippen molar-refractivity contribution < 1.29 is 18.7 Å². The number of carbonyl (C=O) groups excluding carboxylic acids is 1. The lowest BCUT2D eigenvalue weighted by molar-refractivity contribution is 0.102. The molecule has 0 aliphatic carbocycles. The van der Waals surface area contributed by atoms with E-state index in [1.165, 1.54) is 32.5 Å². The number of ether oxygens (including phenoxy) is 2. The third-order valence-corrected chi connectivity index (χ3v) is 4.24. The standard InChI is InChI=1S/C20H19FN2O4/c1-4-23-11-17(19(24)16-7-12(21)5-6-18(16)23)20(25)22-13-8-14(26-2)10-15(9-13)27-3/h5-11H,4H2,1-3H3,(H,22,25). The van der Waals surface area contributed by atoms with Crippen molar-refractivity contribution in [1.82, 2.24) is 4.57 Å². The van der Waals surface area contributed by atoms with Crippen LogP contribution in [0.25, 0.3) is 10.9 Å². The Balaban J connectivity index is 2.06. The normalized spacial score (nSPS) is 10.7. The number of nitrogens with one attached hydrogen (secondary N) is 1. The minimum atomic E-state index is -0.594. The molecule has 1 amide bonds. The van der Waals surface area contributed by atoms with Crippen molar-refractivity contribution in [2.45, 2.75) is 13.5 Å². The first-order chi connectivity index (χ1) is 13.0. The molecule has 6 nitrogen and oxygen atoms in total. The van der Waals surface area contributed by atoms with Gasteiger partial charge in [0.15, 0.2) is 0 Å². The summed E-state index contributed by atoms with van der Waals surface area (Å²) >= 11 is 0. The fourth-order valence-corrected chi connectivity index (χ4v) is 2.87. The molecular formula is C20H19FN2O4. The topological polar surface area (TPSA) is 69.6 Å². The zero-order valence-corrected chi connectivity index (χ0v) is 15.2. The van der Waals surface area contributed by atoms with Crippen LogP contribution in [0.1, 0.15) is 17.3 Å². The van der Waals surface area contributed by atoms with E-state index < -0.39 is 17.2 Å². The smallest absolute Gasteiger partial charge is 0.261 e. The predicted molar refractivity (Wildman–Crippen MR) is 101 cm³/mol. The highest BCUT2D eigenvalue weighted by atomic mass is 19.1. The zero-order chi connectivity index (χ0) is 19.6. The Morgan fingerprint density at radius 3 is 2.37 bits per heavy atom. The quantitative estimate of drug-likeness (QED) is 0.747. The number of anilines is 1. The molecule has 0 saturated carbocycles. The fourth-order valence-electron chi connectivity index (χ4n) is 2.87. The Morgan fingerprint density at radius 2 is 1.78 bits per heavy atom. The lowest BCUT2D eigenvalue weighted by Crippen LogP contribution is -2.24. The van der Waals surface area contributed by atoms with Gasteiger partial charge in [0.1, 0.15) is 22.9 Å². The Labute approximate surface area is 155 Å². The van der Waals surface area contributed by atoms with Crippen LogP contribution < -0.4 is 20.2 Å². The average Bonchev–Trinajstić information content (AvgIpc) is 2.68. The van der Waals surface area contributed by atoms with Gasteiger partial charge in [-0.3, -0.25) is 9.59 Å². The van der Waals surface area contributed by atoms with Crippen molar-refractivity contribution in [3.63, 3.8) is 0 Å². The van der Waals surface area contributed by atoms with Gasteiger partial charge in [-0.25, -0.2) is 4.39 Å². The zero-order valence-electron chi connectivity index (χ0n) is 15.2. The summed E-state index contributed by atoms with van der Waals surface area (Å²) in [6.07, 6.45) is 1.48. The van der Waals surface area contributed by atoms with Crippen molar-refractivity contribution >= 4 is 22.5 Å². The van der Waals surface area contributed by atoms with Crippen LogP contribution in [-0.4, -0.2) is 24.7 Å². The number of carbonyl (C=O) groups is 1. The molecular weight excluding hydrogens is 351 g/mol. The first-order valence-electron chi connectivity index (χ1n) is 8.34. The van der Waals surface area contributed by atoms with Gasteiger partial charge >= 0.3 is 0 Å². The first kappa shape index (κ1) is 18.4. The third kappa shape index (κ3) is 3.62. The number of hydrogen-bond acceptors (Lipinski definition) is 4. The second-order valence-corrected chi connectivity index (χ2v) is 5.87. The molecule has 0 bridgehead atoms. The molecule has 140 valence electrons. The molecule has 0 atom stereocenters. The van der Waals surface area contributed by atoms with Gasteiger partial charge in [-0.15, -0.1) is 0 Å². The summed E-state index contributed by atoms with van der Waals surface area (Å²) in [5, 5.41) is 2.83. The molecule has 7 heteroatoms. The molecule has 1 heterocycles. The summed E-state index contributed by atoms with van der Waals surface area (Å²) in [5.74, 6) is -0.131. The van der Waals surface area contributed by atoms with Crippen molar-refractivity contribution in [3.05, 3.63) is 64.2 Å². The minimum absolute atomic E-state index is 0.0725. The van der Waals surface area contributed by atoms with Crippen molar-refractivity contribution in [2.24, 2.45) is 0 Å². The molecule has 3 rings (SSSR count). The number of pyridine rings is 1. The molecule has 0 radical (unpaired) electrons. The molecule has 0 aliphatic heterocycles. The lowest BCUT2D eigenvalue weighted by Gasteiger charge is -2.13. The van der Waals surface area contributed by atoms with Crippen molar-refractivity contribution in [2.75, 3.05) is 19.5 Å². The van der Waals surface area contributed by atoms with Gasteiger partial charge in [0.25, 0.3) is 5.91 Å². The fraction of sp³-hybridized carbons (Fsp3) is 0.200. The molecule has 0 aliphatic rings. The van der Waals surface area contributed by atoms with Crippen LogP contribution >= 0.6 is 0 Å². The summed E-state index contributed by atoms with van der Waals surface area (Å²) in [6, 6.07) is 8.85. The largest absolute Gasteiger partial charge is 0.497 e. The summed E-state index contributed by atoms with van der Waals surface area (Å²) in [4.78, 5) is 25.5. The number of fused-ring (bicyclic) bond motifs is 1. The molecule has 0 fully saturated rings. The van der Waals surface area contributed by atoms with E-state index >= 15 is 0 Å². The molecule has 27 heavy (non-hydrogen) atoms. The van der Waals surface area contributed by atoms with Crippen molar-refractivity contribution in [3.8, 4) is 11.5 Å². The summed E-state index contributed by atoms with van der Waals surface area (Å²) < 4.78 is 25.7. The van der Waals surface area contributed by atoms with E-state index in [9.17, 15) is 14.0 Å². The SMILES string of the molecule is CCn1cc(C(=O)Nc2cc(OC)cc(OC)c2)c(=O)c2cc(F)ccc21. The van der Waals surface area contributed by atoms with E-state index in [1.807, 2.05) is 6.92 Å². The number of aryl methyl sites for hydroxylation is 1. The van der Waals surface area contributed by atoms with Gasteiger partial charge < -0.3 is 19.4 Å². The van der Waals surface area contributed by atoms with Crippen LogP contribution in [0.5, 0.6) is 11.5 Å². The highest BCUT2D eigenvalue weighted by Gasteiger charge is 2.16. The number of methoxy groups -OCH3 is 2. The van der Waals surface area contributed by atoms with Gasteiger partial charge in [-0.1, -0.05) is 0 Å². The maximum absolute atomic E-state index is 13.6. The van der Waals surface area contributed by atoms with Gasteiger partial charge in [-0.2, -0.15) is 0 Å². The van der Waals surface area contributed by atoms with E-state index in [4.69, 9.17) is 9.47 Å². The van der Waals surface area contributed by atoms with E-state index in [-0.39, 0.29) is 10.9 Å². The molecule has 0 unspecified atom stereocenters. The third-order valence-electron chi connectivity index (χ3n) is 4.24. The number of aromatic nitrogens is 1. The van der Waals surface area contributed by atoms with E-state index in [0.29, 0.717) is 29.2 Å². The van der Waals surface area contributed by atoms with E-state index in [1.54, 1.807) is 22.8 Å². The van der Waals surface area contributed by atoms with Gasteiger partial charge in [0, 0.05) is 42.0 Å². The second-order valence-electron chi connectivity index (χ2n) is 5.87. The van der Waals surface area contributed by atoms with E-state index in [2.05, 4.69) is 5.32 Å². The molecule has 3 aromatic rings. The summed E-state index contributed by atoms with van der Waals surface area (Å²) in [6.45, 7) is 2.40. The highest BCUT2D eigenvalue weighted by molar-refractivity contribution is 6.06. The minimum Gasteiger partial charge on any atom is -0.497 e. The maximum Gasteiger partial charge on any atom is 0.261 e. The van der Waals surface area contributed by atoms with Gasteiger partial charge in [0.05, 0.1) is 19.7 Å². The monoisotopic (exact) mass is 370 g/mol. The Hall–Kier alpha value is -3.35. The van der Waals surface area contributed by atoms with Crippen LogP contribution in [0.15, 0.2) is 47.4 Å². The number of amides is 1. The van der Waals surface area contributed by atoms with Crippen LogP contribution in [0.3, 0.4) is 0 Å². The lowest BCUT2D eigenvalue weighted by atomic mass is 10.1. The molecule has 1 aromatic heterocycles. The van der Waals surface area contributed by atoms with E-state index in [0.717, 1.165) is 6.07 Å². The number of rotatable bonds is 5. The van der Waals surface area contributed by atoms with Crippen LogP contribution in [-0.2, 0) is 6.54 Å². The second kappa shape index (κ2) is 7.49. The van der Waals surface area contributed by atoms with Crippen LogP contribution in [0, 0.1) is 5.82 Å². The Bertz CT molecular complexity index is 1050. The van der Waals surface area contributed by atoms with Gasteiger partial charge in [-0.05, 0) is 25.1 Å². The Kier molecular flexibility index (Phi) is 5.12. The van der Waals surface area contributed by atoms with Crippen LogP contribution in [0.4, 0.5) is 10.1 Å². The number of halogens is 1. The molecule has 1 N–H and O–H groups in total. The summed E-state index contributed by atoms with van der Waals surface area (Å²) in [7, 11) is 3.00.